The van der Waals surface area contributed by atoms with Crippen molar-refractivity contribution in [1.82, 2.24) is 25.2 Å². The largest absolute Gasteiger partial charge is 0.352 e. The number of aromatic nitrogens is 4. The first kappa shape index (κ1) is 15.2. The Kier molecular flexibility index (Phi) is 4.10. The number of aryl methyl sites for hydroxylation is 2. The molecule has 0 saturated carbocycles. The van der Waals surface area contributed by atoms with Gasteiger partial charge in [0.1, 0.15) is 0 Å². The van der Waals surface area contributed by atoms with Crippen LogP contribution in [-0.2, 0) is 6.54 Å². The Morgan fingerprint density at radius 2 is 2.26 bits per heavy atom. The molecule has 3 aromatic rings. The Morgan fingerprint density at radius 3 is 3.00 bits per heavy atom. The minimum atomic E-state index is -0.140. The molecule has 3 aromatic heterocycles. The number of hydrogen-bond acceptors (Lipinski definition) is 5. The molecule has 0 aliphatic rings. The summed E-state index contributed by atoms with van der Waals surface area (Å²) in [5.74, 6) is 0.125. The normalized spacial score (nSPS) is 12.5. The van der Waals surface area contributed by atoms with E-state index in [9.17, 15) is 4.79 Å². The fourth-order valence-electron chi connectivity index (χ4n) is 2.55. The summed E-state index contributed by atoms with van der Waals surface area (Å²) < 4.78 is 7.02. The predicted octanol–water partition coefficient (Wildman–Crippen LogP) is 2.10. The van der Waals surface area contributed by atoms with Crippen LogP contribution in [0.4, 0.5) is 0 Å². The monoisotopic (exact) mass is 313 g/mol. The molecule has 0 radical (unpaired) electrons. The van der Waals surface area contributed by atoms with Gasteiger partial charge in [0.25, 0.3) is 11.6 Å². The van der Waals surface area contributed by atoms with Crippen LogP contribution in [0.1, 0.15) is 28.7 Å². The van der Waals surface area contributed by atoms with E-state index >= 15 is 0 Å². The molecular weight excluding hydrogens is 294 g/mol. The molecule has 0 spiro atoms. The first-order valence-electron chi connectivity index (χ1n) is 7.54. The molecule has 0 bridgehead atoms. The van der Waals surface area contributed by atoms with Crippen LogP contribution in [0, 0.1) is 19.8 Å². The second-order valence-corrected chi connectivity index (χ2v) is 5.80. The number of fused-ring (bicyclic) bond motifs is 1. The van der Waals surface area contributed by atoms with Gasteiger partial charge in [0.15, 0.2) is 0 Å². The minimum absolute atomic E-state index is 0.140. The number of amides is 1. The van der Waals surface area contributed by atoms with Gasteiger partial charge < -0.3 is 9.84 Å². The van der Waals surface area contributed by atoms with E-state index in [1.807, 2.05) is 23.9 Å². The molecule has 0 saturated heterocycles. The summed E-state index contributed by atoms with van der Waals surface area (Å²) in [5, 5.41) is 11.7. The Labute approximate surface area is 133 Å². The van der Waals surface area contributed by atoms with Gasteiger partial charge >= 0.3 is 0 Å². The highest BCUT2D eigenvalue weighted by atomic mass is 16.5. The van der Waals surface area contributed by atoms with Crippen molar-refractivity contribution in [2.45, 2.75) is 27.3 Å². The van der Waals surface area contributed by atoms with Crippen LogP contribution in [0.25, 0.3) is 11.1 Å². The predicted molar refractivity (Wildman–Crippen MR) is 85.0 cm³/mol. The summed E-state index contributed by atoms with van der Waals surface area (Å²) in [4.78, 5) is 16.8. The smallest absolute Gasteiger partial charge is 0.258 e. The van der Waals surface area contributed by atoms with Crippen LogP contribution in [0.5, 0.6) is 0 Å². The van der Waals surface area contributed by atoms with Crippen LogP contribution in [-0.4, -0.2) is 32.4 Å². The third-order valence-electron chi connectivity index (χ3n) is 3.66. The zero-order valence-corrected chi connectivity index (χ0v) is 13.4. The number of rotatable bonds is 5. The lowest BCUT2D eigenvalue weighted by Gasteiger charge is -2.13. The van der Waals surface area contributed by atoms with Crippen molar-refractivity contribution >= 4 is 17.0 Å². The van der Waals surface area contributed by atoms with Crippen LogP contribution >= 0.6 is 0 Å². The van der Waals surface area contributed by atoms with Gasteiger partial charge in [-0.1, -0.05) is 12.1 Å². The third-order valence-corrected chi connectivity index (χ3v) is 3.66. The maximum Gasteiger partial charge on any atom is 0.258 e. The Morgan fingerprint density at radius 1 is 1.43 bits per heavy atom. The topological polar surface area (TPSA) is 85.8 Å². The van der Waals surface area contributed by atoms with Gasteiger partial charge in [-0.25, -0.2) is 4.98 Å². The maximum atomic E-state index is 12.5. The number of nitrogens with zero attached hydrogens (tertiary/aromatic N) is 4. The summed E-state index contributed by atoms with van der Waals surface area (Å²) in [6.45, 7) is 7.02. The molecule has 7 nitrogen and oxygen atoms in total. The van der Waals surface area contributed by atoms with Crippen LogP contribution in [0.15, 0.2) is 29.0 Å². The summed E-state index contributed by atoms with van der Waals surface area (Å²) >= 11 is 0. The number of carbonyl (C=O) groups is 1. The van der Waals surface area contributed by atoms with Crippen molar-refractivity contribution in [3.05, 3.63) is 41.5 Å². The molecule has 1 atom stereocenters. The zero-order valence-electron chi connectivity index (χ0n) is 13.4. The standard InChI is InChI=1S/C16H19N5O2/c1-10(9-21-6-4-5-18-21)8-17-15(22)13-7-11(2)19-16-14(13)12(3)20-23-16/h4-7,10H,8-9H2,1-3H3,(H,17,22)/t10-/m1/s1. The fourth-order valence-corrected chi connectivity index (χ4v) is 2.55. The van der Waals surface area contributed by atoms with E-state index in [4.69, 9.17) is 4.52 Å². The molecule has 0 aliphatic carbocycles. The van der Waals surface area contributed by atoms with E-state index < -0.39 is 0 Å². The highest BCUT2D eigenvalue weighted by molar-refractivity contribution is 6.06. The van der Waals surface area contributed by atoms with Crippen molar-refractivity contribution in [3.63, 3.8) is 0 Å². The molecule has 0 aliphatic heterocycles. The Hall–Kier alpha value is -2.70. The van der Waals surface area contributed by atoms with Crippen molar-refractivity contribution in [2.24, 2.45) is 5.92 Å². The Bertz CT molecular complexity index is 822. The molecule has 0 aromatic carbocycles. The average Bonchev–Trinajstić information content (AvgIpc) is 3.14. The molecule has 3 heterocycles. The molecule has 120 valence electrons. The highest BCUT2D eigenvalue weighted by Crippen LogP contribution is 2.21. The number of hydrogen-bond donors (Lipinski definition) is 1. The Balaban J connectivity index is 1.72. The number of carbonyl (C=O) groups excluding carboxylic acids is 1. The van der Waals surface area contributed by atoms with Crippen molar-refractivity contribution in [3.8, 4) is 0 Å². The van der Waals surface area contributed by atoms with E-state index in [1.165, 1.54) is 0 Å². The zero-order chi connectivity index (χ0) is 16.4. The molecule has 1 amide bonds. The molecule has 7 heteroatoms. The molecule has 0 fully saturated rings. The second kappa shape index (κ2) is 6.20. The van der Waals surface area contributed by atoms with Crippen LogP contribution in [0.2, 0.25) is 0 Å². The van der Waals surface area contributed by atoms with Gasteiger partial charge in [-0.15, -0.1) is 0 Å². The number of pyridine rings is 1. The lowest BCUT2D eigenvalue weighted by Crippen LogP contribution is -2.30. The van der Waals surface area contributed by atoms with Gasteiger partial charge in [0.05, 0.1) is 16.6 Å². The van der Waals surface area contributed by atoms with E-state index in [-0.39, 0.29) is 11.8 Å². The third kappa shape index (κ3) is 3.23. The lowest BCUT2D eigenvalue weighted by molar-refractivity contribution is 0.0948. The summed E-state index contributed by atoms with van der Waals surface area (Å²) in [7, 11) is 0. The molecule has 23 heavy (non-hydrogen) atoms. The van der Waals surface area contributed by atoms with Gasteiger partial charge in [0, 0.05) is 31.2 Å². The van der Waals surface area contributed by atoms with Crippen molar-refractivity contribution in [2.75, 3.05) is 6.54 Å². The lowest BCUT2D eigenvalue weighted by atomic mass is 10.1. The fraction of sp³-hybridized carbons (Fsp3) is 0.375. The summed E-state index contributed by atoms with van der Waals surface area (Å²) in [6.07, 6.45) is 3.66. The summed E-state index contributed by atoms with van der Waals surface area (Å²) in [5.41, 5.74) is 2.35. The van der Waals surface area contributed by atoms with Gasteiger partial charge in [-0.05, 0) is 31.9 Å². The summed E-state index contributed by atoms with van der Waals surface area (Å²) in [6, 6.07) is 3.65. The molecule has 1 N–H and O–H groups in total. The average molecular weight is 313 g/mol. The van der Waals surface area contributed by atoms with E-state index in [0.29, 0.717) is 28.9 Å². The van der Waals surface area contributed by atoms with Crippen LogP contribution in [0.3, 0.4) is 0 Å². The SMILES string of the molecule is Cc1cc(C(=O)NC[C@@H](C)Cn2cccn2)c2c(C)noc2n1. The first-order chi connectivity index (χ1) is 11.0. The molecular formula is C16H19N5O2. The number of nitrogens with one attached hydrogen (secondary N) is 1. The highest BCUT2D eigenvalue weighted by Gasteiger charge is 2.18. The van der Waals surface area contributed by atoms with E-state index in [1.54, 1.807) is 19.2 Å². The van der Waals surface area contributed by atoms with Gasteiger partial charge in [-0.3, -0.25) is 9.48 Å². The molecule has 0 unspecified atom stereocenters. The minimum Gasteiger partial charge on any atom is -0.352 e. The van der Waals surface area contributed by atoms with Gasteiger partial charge in [-0.2, -0.15) is 5.10 Å². The quantitative estimate of drug-likeness (QED) is 0.779. The van der Waals surface area contributed by atoms with Crippen LogP contribution < -0.4 is 5.32 Å². The van der Waals surface area contributed by atoms with E-state index in [0.717, 1.165) is 12.2 Å². The second-order valence-electron chi connectivity index (χ2n) is 5.80. The van der Waals surface area contributed by atoms with E-state index in [2.05, 4.69) is 27.5 Å². The van der Waals surface area contributed by atoms with Gasteiger partial charge in [0.2, 0.25) is 0 Å². The van der Waals surface area contributed by atoms with Crippen molar-refractivity contribution < 1.29 is 9.32 Å². The first-order valence-corrected chi connectivity index (χ1v) is 7.54. The van der Waals surface area contributed by atoms with Crippen molar-refractivity contribution in [1.29, 1.82) is 0 Å². The maximum absolute atomic E-state index is 12.5. The molecule has 3 rings (SSSR count).